The van der Waals surface area contributed by atoms with Gasteiger partial charge in [0, 0.05) is 0 Å². The lowest BCUT2D eigenvalue weighted by molar-refractivity contribution is -0.360. The van der Waals surface area contributed by atoms with Crippen LogP contribution in [0, 0.1) is 0 Å². The Morgan fingerprint density at radius 2 is 1.38 bits per heavy atom. The Bertz CT molecular complexity index is 827. The maximum absolute atomic E-state index is 13.4. The van der Waals surface area contributed by atoms with Gasteiger partial charge in [-0.05, 0) is 0 Å². The molecule has 0 radical (unpaired) electrons. The zero-order valence-electron chi connectivity index (χ0n) is 14.7. The lowest BCUT2D eigenvalue weighted by Gasteiger charge is -2.33. The first-order valence-corrected chi connectivity index (χ1v) is 8.60. The molecule has 1 N–H and O–H groups in total. The average Bonchev–Trinajstić information content (AvgIpc) is 2.53. The van der Waals surface area contributed by atoms with E-state index in [4.69, 9.17) is 4.55 Å². The van der Waals surface area contributed by atoms with Crippen LogP contribution in [0.15, 0.2) is 12.2 Å². The summed E-state index contributed by atoms with van der Waals surface area (Å²) in [6, 6.07) is 0. The Labute approximate surface area is 169 Å². The third-order valence-electron chi connectivity index (χ3n) is 2.91. The summed E-state index contributed by atoms with van der Waals surface area (Å²) >= 11 is 0. The van der Waals surface area contributed by atoms with Crippen molar-refractivity contribution in [2.45, 2.75) is 36.0 Å². The van der Waals surface area contributed by atoms with Gasteiger partial charge in [0.15, 0.2) is 0 Å². The van der Waals surface area contributed by atoms with Gasteiger partial charge in [-0.15, -0.1) is 0 Å². The number of hydrogen-bond donors (Lipinski definition) is 1. The molecule has 0 aliphatic carbocycles. The first-order chi connectivity index (χ1) is 13.9. The van der Waals surface area contributed by atoms with Crippen molar-refractivity contribution < 1.29 is 85.1 Å². The van der Waals surface area contributed by atoms with Gasteiger partial charge in [0.05, 0.1) is 6.42 Å². The predicted molar refractivity (Wildman–Crippen MR) is 74.2 cm³/mol. The van der Waals surface area contributed by atoms with Crippen LogP contribution in [0.1, 0.15) is 6.42 Å². The van der Waals surface area contributed by atoms with E-state index in [1.165, 1.54) is 0 Å². The molecular weight excluding hydrogens is 513 g/mol. The number of ether oxygens (including phenoxy) is 3. The Hall–Kier alpha value is -2.22. The van der Waals surface area contributed by atoms with Crippen LogP contribution in [0.25, 0.3) is 0 Å². The summed E-state index contributed by atoms with van der Waals surface area (Å²) < 4.78 is 179. The van der Waals surface area contributed by atoms with Crippen LogP contribution < -0.4 is 0 Å². The molecule has 0 heterocycles. The number of halogens is 11. The van der Waals surface area contributed by atoms with Crippen molar-refractivity contribution >= 4 is 22.1 Å². The molecule has 0 saturated heterocycles. The van der Waals surface area contributed by atoms with E-state index in [-0.39, 0.29) is 0 Å². The summed E-state index contributed by atoms with van der Waals surface area (Å²) in [6.45, 7) is -3.19. The van der Waals surface area contributed by atoms with Gasteiger partial charge in [-0.3, -0.25) is 4.55 Å². The molecule has 1 unspecified atom stereocenters. The fourth-order valence-electron chi connectivity index (χ4n) is 1.31. The zero-order valence-corrected chi connectivity index (χ0v) is 15.5. The topological polar surface area (TPSA) is 116 Å². The quantitative estimate of drug-likeness (QED) is 0.162. The van der Waals surface area contributed by atoms with Crippen LogP contribution in [0.4, 0.5) is 48.3 Å². The van der Waals surface area contributed by atoms with E-state index < -0.39 is 76.8 Å². The van der Waals surface area contributed by atoms with Crippen LogP contribution in [-0.2, 0) is 33.9 Å². The number of esters is 2. The van der Waals surface area contributed by atoms with E-state index in [1.807, 2.05) is 6.58 Å². The van der Waals surface area contributed by atoms with Crippen molar-refractivity contribution in [2.24, 2.45) is 0 Å². The van der Waals surface area contributed by atoms with Gasteiger partial charge in [0.25, 0.3) is 0 Å². The first kappa shape index (κ1) is 29.8. The standard InChI is InChI=1S/C12H9F11O8S/c1-5(11(18,19)20)6(24)31-10(12(21,22)23,7(25)29-3-2-8(13,14)15)30-4-9(16,17)32(26,27)28/h1-4H2,(H,26,27,28). The molecular formula is C12H9F11O8S. The summed E-state index contributed by atoms with van der Waals surface area (Å²) in [6.07, 6.45) is -19.8. The molecule has 0 rings (SSSR count). The summed E-state index contributed by atoms with van der Waals surface area (Å²) in [5.41, 5.74) is -2.76. The molecule has 0 aromatic rings. The van der Waals surface area contributed by atoms with Gasteiger partial charge in [-0.2, -0.15) is 56.7 Å². The molecule has 188 valence electrons. The zero-order chi connectivity index (χ0) is 26.0. The van der Waals surface area contributed by atoms with Crippen molar-refractivity contribution in [1.82, 2.24) is 0 Å². The van der Waals surface area contributed by atoms with E-state index >= 15 is 0 Å². The molecule has 1 atom stereocenters. The Kier molecular flexibility index (Phi) is 8.69. The van der Waals surface area contributed by atoms with Gasteiger partial charge in [0.1, 0.15) is 18.8 Å². The largest absolute Gasteiger partial charge is 0.468 e. The third-order valence-corrected chi connectivity index (χ3v) is 3.78. The molecule has 20 heteroatoms. The minimum absolute atomic E-state index is 1.99. The monoisotopic (exact) mass is 522 g/mol. The maximum Gasteiger partial charge on any atom is 0.468 e. The second kappa shape index (κ2) is 9.33. The maximum atomic E-state index is 13.4. The number of alkyl halides is 11. The molecule has 32 heavy (non-hydrogen) atoms. The molecule has 0 bridgehead atoms. The Morgan fingerprint density at radius 1 is 0.906 bits per heavy atom. The second-order valence-electron chi connectivity index (χ2n) is 5.38. The molecule has 0 fully saturated rings. The summed E-state index contributed by atoms with van der Waals surface area (Å²) in [7, 11) is -6.56. The summed E-state index contributed by atoms with van der Waals surface area (Å²) in [5.74, 6) is -12.1. The van der Waals surface area contributed by atoms with Crippen LogP contribution in [0.5, 0.6) is 0 Å². The summed E-state index contributed by atoms with van der Waals surface area (Å²) in [4.78, 5) is 23.0. The highest BCUT2D eigenvalue weighted by Crippen LogP contribution is 2.40. The smallest absolute Gasteiger partial charge is 0.460 e. The van der Waals surface area contributed by atoms with Crippen LogP contribution in [0.3, 0.4) is 0 Å². The normalized spacial score (nSPS) is 15.6. The average molecular weight is 522 g/mol. The van der Waals surface area contributed by atoms with Crippen LogP contribution in [0.2, 0.25) is 0 Å². The molecule has 8 nitrogen and oxygen atoms in total. The van der Waals surface area contributed by atoms with Crippen LogP contribution >= 0.6 is 0 Å². The second-order valence-corrected chi connectivity index (χ2v) is 6.93. The van der Waals surface area contributed by atoms with Crippen molar-refractivity contribution in [1.29, 1.82) is 0 Å². The van der Waals surface area contributed by atoms with Crippen LogP contribution in [-0.4, -0.2) is 67.7 Å². The molecule has 0 amide bonds. The highest BCUT2D eigenvalue weighted by molar-refractivity contribution is 7.86. The minimum atomic E-state index is -6.64. The fraction of sp³-hybridized carbons (Fsp3) is 0.667. The number of carbonyl (C=O) groups is 2. The molecule has 0 aromatic carbocycles. The highest BCUT2D eigenvalue weighted by atomic mass is 32.2. The Morgan fingerprint density at radius 3 is 1.72 bits per heavy atom. The van der Waals surface area contributed by atoms with Gasteiger partial charge >= 0.3 is 51.6 Å². The minimum Gasteiger partial charge on any atom is -0.460 e. The third kappa shape index (κ3) is 7.73. The molecule has 0 aromatic heterocycles. The number of hydrogen-bond acceptors (Lipinski definition) is 7. The van der Waals surface area contributed by atoms with E-state index in [1.54, 1.807) is 0 Å². The van der Waals surface area contributed by atoms with Gasteiger partial charge in [-0.1, -0.05) is 6.58 Å². The lowest BCUT2D eigenvalue weighted by Crippen LogP contribution is -2.60. The first-order valence-electron chi connectivity index (χ1n) is 7.16. The molecule has 0 aliphatic rings. The van der Waals surface area contributed by atoms with Gasteiger partial charge in [-0.25, -0.2) is 9.59 Å². The molecule has 0 spiro atoms. The van der Waals surface area contributed by atoms with E-state index in [0.717, 1.165) is 0 Å². The summed E-state index contributed by atoms with van der Waals surface area (Å²) in [5, 5.41) is -5.68. The predicted octanol–water partition coefficient (Wildman–Crippen LogP) is 2.90. The van der Waals surface area contributed by atoms with Crippen molar-refractivity contribution in [2.75, 3.05) is 13.2 Å². The number of rotatable bonds is 9. The number of carbonyl (C=O) groups excluding carboxylic acids is 2. The van der Waals surface area contributed by atoms with Crippen molar-refractivity contribution in [3.05, 3.63) is 12.2 Å². The van der Waals surface area contributed by atoms with Gasteiger partial charge in [0.2, 0.25) is 0 Å². The highest BCUT2D eigenvalue weighted by Gasteiger charge is 2.69. The van der Waals surface area contributed by atoms with Gasteiger partial charge < -0.3 is 14.2 Å². The van der Waals surface area contributed by atoms with E-state index in [9.17, 15) is 66.3 Å². The van der Waals surface area contributed by atoms with E-state index in [0.29, 0.717) is 0 Å². The Balaban J connectivity index is 6.30. The lowest BCUT2D eigenvalue weighted by atomic mass is 10.2. The SMILES string of the molecule is C=C(C(=O)OC(OCC(F)(F)S(=O)(=O)O)(C(=O)OCCC(F)(F)F)C(F)(F)F)C(F)(F)F. The molecule has 0 aliphatic heterocycles. The fourth-order valence-corrected chi connectivity index (χ4v) is 1.52. The van der Waals surface area contributed by atoms with Crippen molar-refractivity contribution in [3.63, 3.8) is 0 Å². The van der Waals surface area contributed by atoms with E-state index in [2.05, 4.69) is 14.2 Å². The van der Waals surface area contributed by atoms with Crippen molar-refractivity contribution in [3.8, 4) is 0 Å². The molecule has 0 saturated carbocycles.